The Kier molecular flexibility index (Phi) is 3.82. The summed E-state index contributed by atoms with van der Waals surface area (Å²) in [7, 11) is 0. The third kappa shape index (κ3) is 3.88. The molecular weight excluding hydrogens is 212 g/mol. The number of carbonyl (C=O) groups is 1. The van der Waals surface area contributed by atoms with Crippen LogP contribution in [0.4, 0.5) is 0 Å². The zero-order chi connectivity index (χ0) is 12.3. The first-order chi connectivity index (χ1) is 8.15. The fraction of sp³-hybridized carbons (Fsp3) is 0.533. The summed E-state index contributed by atoms with van der Waals surface area (Å²) >= 11 is 0. The van der Waals surface area contributed by atoms with Crippen LogP contribution in [0.1, 0.15) is 36.8 Å². The van der Waals surface area contributed by atoms with Gasteiger partial charge in [-0.1, -0.05) is 42.7 Å². The van der Waals surface area contributed by atoms with Gasteiger partial charge in [0.1, 0.15) is 0 Å². The number of aryl methyl sites for hydroxylation is 1. The van der Waals surface area contributed by atoms with Crippen molar-refractivity contribution in [2.75, 3.05) is 0 Å². The Morgan fingerprint density at radius 2 is 2.24 bits per heavy atom. The maximum atomic E-state index is 11.2. The Hall–Kier alpha value is -1.31. The van der Waals surface area contributed by atoms with E-state index < -0.39 is 5.97 Å². The van der Waals surface area contributed by atoms with E-state index in [1.165, 1.54) is 18.4 Å². The second-order valence-electron chi connectivity index (χ2n) is 5.25. The van der Waals surface area contributed by atoms with Crippen molar-refractivity contribution in [3.63, 3.8) is 0 Å². The molecule has 0 aliphatic heterocycles. The van der Waals surface area contributed by atoms with E-state index in [9.17, 15) is 9.90 Å². The van der Waals surface area contributed by atoms with Crippen molar-refractivity contribution in [1.29, 1.82) is 0 Å². The number of hydrogen-bond acceptors (Lipinski definition) is 1. The summed E-state index contributed by atoms with van der Waals surface area (Å²) in [6.07, 6.45) is 5.19. The van der Waals surface area contributed by atoms with Gasteiger partial charge in [-0.25, -0.2) is 0 Å². The zero-order valence-electron chi connectivity index (χ0n) is 10.4. The van der Waals surface area contributed by atoms with E-state index in [1.54, 1.807) is 0 Å². The number of carboxylic acids is 1. The first-order valence-corrected chi connectivity index (χ1v) is 6.43. The van der Waals surface area contributed by atoms with Gasteiger partial charge in [-0.05, 0) is 37.7 Å². The highest BCUT2D eigenvalue weighted by Gasteiger charge is 2.25. The fourth-order valence-corrected chi connectivity index (χ4v) is 2.28. The van der Waals surface area contributed by atoms with Crippen LogP contribution < -0.4 is 0 Å². The van der Waals surface area contributed by atoms with E-state index in [4.69, 9.17) is 0 Å². The van der Waals surface area contributed by atoms with Crippen LogP contribution in [0.3, 0.4) is 0 Å². The van der Waals surface area contributed by atoms with Gasteiger partial charge < -0.3 is 5.11 Å². The van der Waals surface area contributed by atoms with E-state index in [0.717, 1.165) is 24.3 Å². The molecule has 0 aromatic heterocycles. The number of benzene rings is 1. The van der Waals surface area contributed by atoms with Gasteiger partial charge in [0.05, 0.1) is 5.92 Å². The Balaban J connectivity index is 1.93. The maximum absolute atomic E-state index is 11.2. The van der Waals surface area contributed by atoms with Crippen molar-refractivity contribution in [2.24, 2.45) is 11.8 Å². The fourth-order valence-electron chi connectivity index (χ4n) is 2.28. The van der Waals surface area contributed by atoms with E-state index in [1.807, 2.05) is 25.1 Å². The summed E-state index contributed by atoms with van der Waals surface area (Å²) in [6, 6.07) is 8.17. The molecule has 2 heteroatoms. The summed E-state index contributed by atoms with van der Waals surface area (Å²) in [4.78, 5) is 11.2. The molecule has 92 valence electrons. The summed E-state index contributed by atoms with van der Waals surface area (Å²) in [5.41, 5.74) is 2.35. The van der Waals surface area contributed by atoms with Gasteiger partial charge in [0.25, 0.3) is 0 Å². The van der Waals surface area contributed by atoms with Crippen molar-refractivity contribution >= 4 is 5.97 Å². The van der Waals surface area contributed by atoms with Crippen molar-refractivity contribution in [3.05, 3.63) is 35.4 Å². The van der Waals surface area contributed by atoms with Crippen LogP contribution in [0.15, 0.2) is 24.3 Å². The Morgan fingerprint density at radius 3 is 2.82 bits per heavy atom. The minimum Gasteiger partial charge on any atom is -0.481 e. The molecule has 1 saturated carbocycles. The lowest BCUT2D eigenvalue weighted by molar-refractivity contribution is -0.142. The smallest absolute Gasteiger partial charge is 0.306 e. The van der Waals surface area contributed by atoms with Crippen molar-refractivity contribution in [2.45, 2.75) is 39.0 Å². The molecule has 0 bridgehead atoms. The minimum atomic E-state index is -0.646. The molecule has 1 aliphatic carbocycles. The van der Waals surface area contributed by atoms with Gasteiger partial charge in [-0.2, -0.15) is 0 Å². The molecule has 1 aromatic rings. The molecule has 0 radical (unpaired) electrons. The normalized spacial score (nSPS) is 16.8. The minimum absolute atomic E-state index is 0.211. The maximum Gasteiger partial charge on any atom is 0.306 e. The first-order valence-electron chi connectivity index (χ1n) is 6.43. The molecular formula is C15H20O2. The Labute approximate surface area is 103 Å². The molecule has 0 heterocycles. The van der Waals surface area contributed by atoms with E-state index >= 15 is 0 Å². The summed E-state index contributed by atoms with van der Waals surface area (Å²) in [6.45, 7) is 2.05. The average Bonchev–Trinajstić information content (AvgIpc) is 3.07. The zero-order valence-corrected chi connectivity index (χ0v) is 10.4. The van der Waals surface area contributed by atoms with Crippen LogP contribution in [0.5, 0.6) is 0 Å². The second-order valence-corrected chi connectivity index (χ2v) is 5.25. The van der Waals surface area contributed by atoms with Crippen molar-refractivity contribution in [1.82, 2.24) is 0 Å². The molecule has 0 saturated heterocycles. The lowest BCUT2D eigenvalue weighted by atomic mass is 9.93. The monoisotopic (exact) mass is 232 g/mol. The topological polar surface area (TPSA) is 37.3 Å². The number of carboxylic acid groups (broad SMARTS) is 1. The van der Waals surface area contributed by atoms with E-state index in [2.05, 4.69) is 6.07 Å². The highest BCUT2D eigenvalue weighted by atomic mass is 16.4. The summed E-state index contributed by atoms with van der Waals surface area (Å²) < 4.78 is 0. The third-order valence-corrected chi connectivity index (χ3v) is 3.53. The van der Waals surface area contributed by atoms with Gasteiger partial charge in [-0.15, -0.1) is 0 Å². The van der Waals surface area contributed by atoms with Crippen LogP contribution in [-0.4, -0.2) is 11.1 Å². The van der Waals surface area contributed by atoms with E-state index in [-0.39, 0.29) is 5.92 Å². The molecule has 1 N–H and O–H groups in total. The van der Waals surface area contributed by atoms with Gasteiger partial charge in [0, 0.05) is 0 Å². The summed E-state index contributed by atoms with van der Waals surface area (Å²) in [5, 5.41) is 9.24. The second kappa shape index (κ2) is 5.35. The number of hydrogen-bond donors (Lipinski definition) is 1. The molecule has 1 unspecified atom stereocenters. The first kappa shape index (κ1) is 12.2. The predicted octanol–water partition coefficient (Wildman–Crippen LogP) is 3.43. The standard InChI is InChI=1S/C15H20O2/c1-11-3-2-4-13(9-11)10-14(15(16)17)8-7-12-5-6-12/h2-4,9,12,14H,5-8,10H2,1H3,(H,16,17). The van der Waals surface area contributed by atoms with Gasteiger partial charge in [0.2, 0.25) is 0 Å². The molecule has 2 rings (SSSR count). The highest BCUT2D eigenvalue weighted by Crippen LogP contribution is 2.35. The van der Waals surface area contributed by atoms with Gasteiger partial charge in [-0.3, -0.25) is 4.79 Å². The molecule has 2 nitrogen and oxygen atoms in total. The van der Waals surface area contributed by atoms with Crippen LogP contribution in [-0.2, 0) is 11.2 Å². The molecule has 0 amide bonds. The molecule has 1 fully saturated rings. The molecule has 1 atom stereocenters. The Bertz CT molecular complexity index is 394. The number of aliphatic carboxylic acids is 1. The predicted molar refractivity (Wildman–Crippen MR) is 68.0 cm³/mol. The Morgan fingerprint density at radius 1 is 1.47 bits per heavy atom. The lowest BCUT2D eigenvalue weighted by Crippen LogP contribution is -2.16. The largest absolute Gasteiger partial charge is 0.481 e. The van der Waals surface area contributed by atoms with Crippen LogP contribution >= 0.6 is 0 Å². The van der Waals surface area contributed by atoms with E-state index in [0.29, 0.717) is 6.42 Å². The van der Waals surface area contributed by atoms with Crippen LogP contribution in [0.2, 0.25) is 0 Å². The molecule has 1 aliphatic rings. The van der Waals surface area contributed by atoms with Gasteiger partial charge >= 0.3 is 5.97 Å². The van der Waals surface area contributed by atoms with Crippen LogP contribution in [0.25, 0.3) is 0 Å². The number of rotatable bonds is 6. The third-order valence-electron chi connectivity index (χ3n) is 3.53. The highest BCUT2D eigenvalue weighted by molar-refractivity contribution is 5.70. The molecule has 1 aromatic carbocycles. The summed E-state index contributed by atoms with van der Waals surface area (Å²) in [5.74, 6) is -0.0427. The van der Waals surface area contributed by atoms with Gasteiger partial charge in [0.15, 0.2) is 0 Å². The SMILES string of the molecule is Cc1cccc(CC(CCC2CC2)C(=O)O)c1. The molecule has 0 spiro atoms. The lowest BCUT2D eigenvalue weighted by Gasteiger charge is -2.12. The van der Waals surface area contributed by atoms with Crippen molar-refractivity contribution in [3.8, 4) is 0 Å². The van der Waals surface area contributed by atoms with Crippen LogP contribution in [0, 0.1) is 18.8 Å². The quantitative estimate of drug-likeness (QED) is 0.816. The average molecular weight is 232 g/mol. The molecule has 17 heavy (non-hydrogen) atoms. The van der Waals surface area contributed by atoms with Crippen molar-refractivity contribution < 1.29 is 9.90 Å².